The molecular formula is C11H17N3O. The second-order valence-corrected chi connectivity index (χ2v) is 3.65. The van der Waals surface area contributed by atoms with Crippen molar-refractivity contribution in [2.45, 2.75) is 6.42 Å². The Hall–Kier alpha value is -1.58. The van der Waals surface area contributed by atoms with Crippen LogP contribution in [0.4, 0.5) is 5.82 Å². The zero-order chi connectivity index (χ0) is 11.3. The van der Waals surface area contributed by atoms with Gasteiger partial charge in [0.15, 0.2) is 0 Å². The molecule has 0 atom stereocenters. The van der Waals surface area contributed by atoms with Gasteiger partial charge in [0.25, 0.3) is 0 Å². The molecule has 15 heavy (non-hydrogen) atoms. The fraction of sp³-hybridized carbons (Fsp3) is 0.455. The van der Waals surface area contributed by atoms with E-state index >= 15 is 0 Å². The first-order chi connectivity index (χ1) is 7.11. The molecule has 82 valence electrons. The predicted molar refractivity (Wildman–Crippen MR) is 60.8 cm³/mol. The minimum atomic E-state index is 0.137. The van der Waals surface area contributed by atoms with Gasteiger partial charge in [-0.25, -0.2) is 4.98 Å². The van der Waals surface area contributed by atoms with Crippen molar-refractivity contribution in [2.24, 2.45) is 0 Å². The van der Waals surface area contributed by atoms with E-state index in [1.165, 1.54) is 0 Å². The van der Waals surface area contributed by atoms with Gasteiger partial charge in [0.05, 0.1) is 0 Å². The molecule has 0 unspecified atom stereocenters. The first-order valence-electron chi connectivity index (χ1n) is 4.93. The molecule has 4 heteroatoms. The molecule has 0 aromatic carbocycles. The van der Waals surface area contributed by atoms with Crippen molar-refractivity contribution in [3.63, 3.8) is 0 Å². The molecular weight excluding hydrogens is 190 g/mol. The number of hydrogen-bond acceptors (Lipinski definition) is 3. The number of hydrogen-bond donors (Lipinski definition) is 0. The number of amides is 1. The van der Waals surface area contributed by atoms with Gasteiger partial charge in [-0.05, 0) is 12.1 Å². The molecule has 4 nitrogen and oxygen atoms in total. The lowest BCUT2D eigenvalue weighted by molar-refractivity contribution is -0.128. The Balaban J connectivity index is 2.44. The minimum absolute atomic E-state index is 0.137. The van der Waals surface area contributed by atoms with Crippen LogP contribution >= 0.6 is 0 Å². The average Bonchev–Trinajstić information content (AvgIpc) is 2.26. The van der Waals surface area contributed by atoms with Gasteiger partial charge in [-0.15, -0.1) is 0 Å². The maximum absolute atomic E-state index is 11.4. The van der Waals surface area contributed by atoms with E-state index in [2.05, 4.69) is 4.98 Å². The summed E-state index contributed by atoms with van der Waals surface area (Å²) in [5.41, 5.74) is 0. The number of nitrogens with zero attached hydrogens (tertiary/aromatic N) is 3. The Morgan fingerprint density at radius 1 is 1.33 bits per heavy atom. The molecule has 0 aliphatic heterocycles. The molecule has 0 fully saturated rings. The number of pyridine rings is 1. The van der Waals surface area contributed by atoms with Crippen LogP contribution in [-0.2, 0) is 4.79 Å². The number of rotatable bonds is 4. The van der Waals surface area contributed by atoms with Crippen LogP contribution in [0.2, 0.25) is 0 Å². The molecule has 0 spiro atoms. The third-order valence-corrected chi connectivity index (χ3v) is 2.20. The van der Waals surface area contributed by atoms with Crippen LogP contribution in [0, 0.1) is 0 Å². The van der Waals surface area contributed by atoms with Crippen molar-refractivity contribution in [3.05, 3.63) is 24.4 Å². The highest BCUT2D eigenvalue weighted by atomic mass is 16.2. The first-order valence-corrected chi connectivity index (χ1v) is 4.93. The van der Waals surface area contributed by atoms with E-state index in [-0.39, 0.29) is 5.91 Å². The zero-order valence-electron chi connectivity index (χ0n) is 9.47. The van der Waals surface area contributed by atoms with Crippen LogP contribution < -0.4 is 4.90 Å². The molecule has 0 N–H and O–H groups in total. The monoisotopic (exact) mass is 207 g/mol. The highest BCUT2D eigenvalue weighted by Gasteiger charge is 2.06. The van der Waals surface area contributed by atoms with E-state index in [0.717, 1.165) is 5.82 Å². The van der Waals surface area contributed by atoms with Crippen molar-refractivity contribution in [2.75, 3.05) is 32.6 Å². The minimum Gasteiger partial charge on any atom is -0.359 e. The Bertz CT molecular complexity index is 311. The second kappa shape index (κ2) is 5.34. The number of carbonyl (C=O) groups excluding carboxylic acids is 1. The SMILES string of the molecule is CN(C)C(=O)CCN(C)c1ccccn1. The summed E-state index contributed by atoms with van der Waals surface area (Å²) in [7, 11) is 5.47. The van der Waals surface area contributed by atoms with Crippen molar-refractivity contribution in [1.82, 2.24) is 9.88 Å². The fourth-order valence-corrected chi connectivity index (χ4v) is 1.18. The second-order valence-electron chi connectivity index (χ2n) is 3.65. The first kappa shape index (κ1) is 11.5. The van der Waals surface area contributed by atoms with E-state index in [1.807, 2.05) is 30.1 Å². The molecule has 1 aromatic heterocycles. The normalized spacial score (nSPS) is 9.80. The molecule has 1 aromatic rings. The Morgan fingerprint density at radius 2 is 2.07 bits per heavy atom. The van der Waals surface area contributed by atoms with E-state index < -0.39 is 0 Å². The third kappa shape index (κ3) is 3.58. The van der Waals surface area contributed by atoms with Gasteiger partial charge < -0.3 is 9.80 Å². The van der Waals surface area contributed by atoms with Crippen LogP contribution in [0.3, 0.4) is 0 Å². The largest absolute Gasteiger partial charge is 0.359 e. The zero-order valence-corrected chi connectivity index (χ0v) is 9.47. The van der Waals surface area contributed by atoms with Crippen molar-refractivity contribution < 1.29 is 4.79 Å². The molecule has 0 saturated heterocycles. The quantitative estimate of drug-likeness (QED) is 0.739. The maximum Gasteiger partial charge on any atom is 0.223 e. The average molecular weight is 207 g/mol. The van der Waals surface area contributed by atoms with Gasteiger partial charge >= 0.3 is 0 Å². The van der Waals surface area contributed by atoms with E-state index in [0.29, 0.717) is 13.0 Å². The summed E-state index contributed by atoms with van der Waals surface area (Å²) in [5, 5.41) is 0. The van der Waals surface area contributed by atoms with Crippen LogP contribution in [0.1, 0.15) is 6.42 Å². The van der Waals surface area contributed by atoms with Crippen LogP contribution in [0.5, 0.6) is 0 Å². The Morgan fingerprint density at radius 3 is 2.60 bits per heavy atom. The fourth-order valence-electron chi connectivity index (χ4n) is 1.18. The molecule has 1 rings (SSSR count). The van der Waals surface area contributed by atoms with Crippen molar-refractivity contribution >= 4 is 11.7 Å². The summed E-state index contributed by atoms with van der Waals surface area (Å²) in [6, 6.07) is 5.75. The lowest BCUT2D eigenvalue weighted by Gasteiger charge is -2.18. The number of anilines is 1. The van der Waals surface area contributed by atoms with Gasteiger partial charge in [-0.3, -0.25) is 4.79 Å². The smallest absolute Gasteiger partial charge is 0.223 e. The van der Waals surface area contributed by atoms with Crippen molar-refractivity contribution in [1.29, 1.82) is 0 Å². The van der Waals surface area contributed by atoms with Crippen molar-refractivity contribution in [3.8, 4) is 0 Å². The maximum atomic E-state index is 11.4. The number of carbonyl (C=O) groups is 1. The number of aromatic nitrogens is 1. The summed E-state index contributed by atoms with van der Waals surface area (Å²) in [5.74, 6) is 1.03. The van der Waals surface area contributed by atoms with Crippen LogP contribution in [-0.4, -0.2) is 43.5 Å². The van der Waals surface area contributed by atoms with Crippen LogP contribution in [0.15, 0.2) is 24.4 Å². The lowest BCUT2D eigenvalue weighted by atomic mass is 10.3. The van der Waals surface area contributed by atoms with E-state index in [9.17, 15) is 4.79 Å². The molecule has 0 aliphatic carbocycles. The molecule has 1 amide bonds. The molecule has 0 saturated carbocycles. The topological polar surface area (TPSA) is 36.4 Å². The Kier molecular flexibility index (Phi) is 4.09. The summed E-state index contributed by atoms with van der Waals surface area (Å²) in [6.45, 7) is 0.689. The van der Waals surface area contributed by atoms with Gasteiger partial charge in [-0.2, -0.15) is 0 Å². The standard InChI is InChI=1S/C11H17N3O/c1-13(2)11(15)7-9-14(3)10-6-4-5-8-12-10/h4-6,8H,7,9H2,1-3H3. The van der Waals surface area contributed by atoms with Gasteiger partial charge in [0.2, 0.25) is 5.91 Å². The molecule has 0 aliphatic rings. The van der Waals surface area contributed by atoms with Gasteiger partial charge in [0.1, 0.15) is 5.82 Å². The van der Waals surface area contributed by atoms with E-state index in [4.69, 9.17) is 0 Å². The van der Waals surface area contributed by atoms with E-state index in [1.54, 1.807) is 25.2 Å². The summed E-state index contributed by atoms with van der Waals surface area (Å²) < 4.78 is 0. The van der Waals surface area contributed by atoms with Crippen LogP contribution in [0.25, 0.3) is 0 Å². The lowest BCUT2D eigenvalue weighted by Crippen LogP contribution is -2.28. The van der Waals surface area contributed by atoms with Gasteiger partial charge in [0, 0.05) is 40.3 Å². The predicted octanol–water partition coefficient (Wildman–Crippen LogP) is 0.996. The molecule has 0 bridgehead atoms. The molecule has 0 radical (unpaired) electrons. The third-order valence-electron chi connectivity index (χ3n) is 2.20. The van der Waals surface area contributed by atoms with Gasteiger partial charge in [-0.1, -0.05) is 6.07 Å². The Labute approximate surface area is 90.5 Å². The molecule has 1 heterocycles. The highest BCUT2D eigenvalue weighted by molar-refractivity contribution is 5.76. The highest BCUT2D eigenvalue weighted by Crippen LogP contribution is 2.06. The summed E-state index contributed by atoms with van der Waals surface area (Å²) in [4.78, 5) is 19.1. The summed E-state index contributed by atoms with van der Waals surface area (Å²) in [6.07, 6.45) is 2.26. The summed E-state index contributed by atoms with van der Waals surface area (Å²) >= 11 is 0.